The minimum absolute atomic E-state index is 0.402. The normalized spacial score (nSPS) is 11.3. The predicted octanol–water partition coefficient (Wildman–Crippen LogP) is 1.80. The number of hydrogen-bond donors (Lipinski definition) is 2. The molecule has 0 unspecified atom stereocenters. The molecule has 2 N–H and O–H groups in total. The molecule has 0 heterocycles. The lowest BCUT2D eigenvalue weighted by molar-refractivity contribution is -0.114. The fourth-order valence-electron chi connectivity index (χ4n) is 1.03. The summed E-state index contributed by atoms with van der Waals surface area (Å²) < 4.78 is 24.2. The molecule has 1 aromatic rings. The van der Waals surface area contributed by atoms with Gasteiger partial charge in [-0.15, -0.1) is 0 Å². The van der Waals surface area contributed by atoms with Gasteiger partial charge in [0.1, 0.15) is 0 Å². The summed E-state index contributed by atoms with van der Waals surface area (Å²) in [4.78, 5) is 9.99. The standard InChI is InChI=1S/C9H10Cl2N2O3S/c1-17(15,16)13-7-4-2-6(3-5-7)12-9(14)8(10)11/h2-5,8,13H,1H3,(H,12,14). The number of nitrogens with one attached hydrogen (secondary N) is 2. The summed E-state index contributed by atoms with van der Waals surface area (Å²) in [5.74, 6) is -0.544. The smallest absolute Gasteiger partial charge is 0.257 e. The number of hydrogen-bond acceptors (Lipinski definition) is 3. The fourth-order valence-corrected chi connectivity index (χ4v) is 1.71. The van der Waals surface area contributed by atoms with E-state index >= 15 is 0 Å². The van der Waals surface area contributed by atoms with Gasteiger partial charge in [-0.05, 0) is 24.3 Å². The van der Waals surface area contributed by atoms with Crippen molar-refractivity contribution < 1.29 is 13.2 Å². The van der Waals surface area contributed by atoms with E-state index < -0.39 is 20.8 Å². The first kappa shape index (κ1) is 14.1. The molecule has 0 saturated heterocycles. The van der Waals surface area contributed by atoms with Gasteiger partial charge in [0.15, 0.2) is 4.84 Å². The molecule has 0 aliphatic carbocycles. The van der Waals surface area contributed by atoms with Crippen molar-refractivity contribution >= 4 is 50.5 Å². The Bertz CT molecular complexity index is 499. The number of carbonyl (C=O) groups is 1. The Morgan fingerprint density at radius 1 is 1.18 bits per heavy atom. The first-order chi connectivity index (χ1) is 7.78. The maximum atomic E-state index is 11.1. The molecule has 1 rings (SSSR count). The van der Waals surface area contributed by atoms with E-state index in [4.69, 9.17) is 23.2 Å². The third-order valence-electron chi connectivity index (χ3n) is 1.65. The first-order valence-electron chi connectivity index (χ1n) is 4.45. The van der Waals surface area contributed by atoms with E-state index in [2.05, 4.69) is 10.0 Å². The largest absolute Gasteiger partial charge is 0.324 e. The zero-order chi connectivity index (χ0) is 13.1. The average molecular weight is 297 g/mol. The molecule has 0 atom stereocenters. The van der Waals surface area contributed by atoms with Crippen LogP contribution in [0.15, 0.2) is 24.3 Å². The summed E-state index contributed by atoms with van der Waals surface area (Å²) in [5.41, 5.74) is 0.874. The van der Waals surface area contributed by atoms with E-state index in [0.717, 1.165) is 6.26 Å². The van der Waals surface area contributed by atoms with E-state index in [9.17, 15) is 13.2 Å². The van der Waals surface area contributed by atoms with Crippen LogP contribution in [0.4, 0.5) is 11.4 Å². The van der Waals surface area contributed by atoms with Crippen molar-refractivity contribution in [2.24, 2.45) is 0 Å². The highest BCUT2D eigenvalue weighted by atomic mass is 35.5. The molecule has 8 heteroatoms. The summed E-state index contributed by atoms with van der Waals surface area (Å²) in [7, 11) is -3.31. The molecule has 0 aliphatic rings. The highest BCUT2D eigenvalue weighted by Gasteiger charge is 2.11. The molecule has 0 bridgehead atoms. The molecule has 17 heavy (non-hydrogen) atoms. The van der Waals surface area contributed by atoms with Crippen molar-refractivity contribution in [1.29, 1.82) is 0 Å². The third kappa shape index (κ3) is 5.25. The first-order valence-corrected chi connectivity index (χ1v) is 7.21. The maximum Gasteiger partial charge on any atom is 0.257 e. The molecule has 0 aliphatic heterocycles. The number of rotatable bonds is 4. The number of alkyl halides is 2. The van der Waals surface area contributed by atoms with Gasteiger partial charge < -0.3 is 5.32 Å². The second kappa shape index (κ2) is 5.57. The number of carbonyl (C=O) groups excluding carboxylic acids is 1. The SMILES string of the molecule is CS(=O)(=O)Nc1ccc(NC(=O)C(Cl)Cl)cc1. The molecule has 1 amide bonds. The van der Waals surface area contributed by atoms with E-state index in [1.807, 2.05) is 0 Å². The van der Waals surface area contributed by atoms with Crippen LogP contribution in [0.1, 0.15) is 0 Å². The summed E-state index contributed by atoms with van der Waals surface area (Å²) in [6, 6.07) is 6.07. The van der Waals surface area contributed by atoms with E-state index in [1.54, 1.807) is 0 Å². The van der Waals surface area contributed by atoms with Crippen molar-refractivity contribution in [3.8, 4) is 0 Å². The molecule has 5 nitrogen and oxygen atoms in total. The molecule has 0 spiro atoms. The summed E-state index contributed by atoms with van der Waals surface area (Å²) in [5, 5.41) is 2.45. The van der Waals surface area contributed by atoms with Crippen molar-refractivity contribution in [2.45, 2.75) is 4.84 Å². The van der Waals surface area contributed by atoms with Crippen molar-refractivity contribution in [3.63, 3.8) is 0 Å². The quantitative estimate of drug-likeness (QED) is 0.832. The van der Waals surface area contributed by atoms with Crippen LogP contribution in [-0.2, 0) is 14.8 Å². The third-order valence-corrected chi connectivity index (χ3v) is 2.66. The van der Waals surface area contributed by atoms with Crippen LogP contribution in [0.25, 0.3) is 0 Å². The summed E-state index contributed by atoms with van der Waals surface area (Å²) >= 11 is 10.7. The van der Waals surface area contributed by atoms with Gasteiger partial charge in [0.05, 0.1) is 6.26 Å². The molecule has 0 aromatic heterocycles. The van der Waals surface area contributed by atoms with Gasteiger partial charge >= 0.3 is 0 Å². The lowest BCUT2D eigenvalue weighted by Gasteiger charge is -2.07. The zero-order valence-corrected chi connectivity index (χ0v) is 11.1. The van der Waals surface area contributed by atoms with Crippen molar-refractivity contribution in [3.05, 3.63) is 24.3 Å². The Morgan fingerprint density at radius 3 is 2.06 bits per heavy atom. The van der Waals surface area contributed by atoms with Crippen LogP contribution in [0.5, 0.6) is 0 Å². The Labute approximate surface area is 109 Å². The minimum atomic E-state index is -3.31. The van der Waals surface area contributed by atoms with Crippen LogP contribution in [0, 0.1) is 0 Å². The molecule has 0 radical (unpaired) electrons. The van der Waals surface area contributed by atoms with E-state index in [0.29, 0.717) is 11.4 Å². The van der Waals surface area contributed by atoms with Crippen LogP contribution in [0.3, 0.4) is 0 Å². The maximum absolute atomic E-state index is 11.1. The van der Waals surface area contributed by atoms with E-state index in [-0.39, 0.29) is 0 Å². The number of amides is 1. The summed E-state index contributed by atoms with van der Waals surface area (Å²) in [6.45, 7) is 0. The molecule has 0 fully saturated rings. The van der Waals surface area contributed by atoms with Gasteiger partial charge in [-0.25, -0.2) is 8.42 Å². The molecule has 0 saturated carbocycles. The number of sulfonamides is 1. The van der Waals surface area contributed by atoms with Gasteiger partial charge in [-0.2, -0.15) is 0 Å². The highest BCUT2D eigenvalue weighted by molar-refractivity contribution is 7.92. The Morgan fingerprint density at radius 2 is 1.65 bits per heavy atom. The fraction of sp³-hybridized carbons (Fsp3) is 0.222. The Hall–Kier alpha value is -0.980. The number of benzene rings is 1. The average Bonchev–Trinajstić information content (AvgIpc) is 2.18. The lowest BCUT2D eigenvalue weighted by Crippen LogP contribution is -2.18. The zero-order valence-electron chi connectivity index (χ0n) is 8.78. The van der Waals surface area contributed by atoms with Gasteiger partial charge in [0.2, 0.25) is 10.0 Å². The number of anilines is 2. The van der Waals surface area contributed by atoms with Crippen LogP contribution >= 0.6 is 23.2 Å². The number of halogens is 2. The monoisotopic (exact) mass is 296 g/mol. The molecular formula is C9H10Cl2N2O3S. The molecule has 94 valence electrons. The Kier molecular flexibility index (Phi) is 4.62. The predicted molar refractivity (Wildman–Crippen MR) is 69.0 cm³/mol. The van der Waals surface area contributed by atoms with E-state index in [1.165, 1.54) is 24.3 Å². The minimum Gasteiger partial charge on any atom is -0.324 e. The van der Waals surface area contributed by atoms with Crippen LogP contribution < -0.4 is 10.0 Å². The Balaban J connectivity index is 2.72. The highest BCUT2D eigenvalue weighted by Crippen LogP contribution is 2.15. The summed E-state index contributed by atoms with van der Waals surface area (Å²) in [6.07, 6.45) is 1.05. The molecule has 1 aromatic carbocycles. The van der Waals surface area contributed by atoms with Gasteiger partial charge in [-0.1, -0.05) is 23.2 Å². The second-order valence-electron chi connectivity index (χ2n) is 3.24. The van der Waals surface area contributed by atoms with Gasteiger partial charge in [0, 0.05) is 11.4 Å². The second-order valence-corrected chi connectivity index (χ2v) is 6.09. The van der Waals surface area contributed by atoms with Gasteiger partial charge in [-0.3, -0.25) is 9.52 Å². The molecular weight excluding hydrogens is 287 g/mol. The van der Waals surface area contributed by atoms with Crippen LogP contribution in [-0.4, -0.2) is 25.4 Å². The van der Waals surface area contributed by atoms with Crippen molar-refractivity contribution in [2.75, 3.05) is 16.3 Å². The lowest BCUT2D eigenvalue weighted by atomic mass is 10.3. The topological polar surface area (TPSA) is 75.3 Å². The van der Waals surface area contributed by atoms with Crippen LogP contribution in [0.2, 0.25) is 0 Å². The van der Waals surface area contributed by atoms with Crippen molar-refractivity contribution in [1.82, 2.24) is 0 Å². The van der Waals surface area contributed by atoms with Gasteiger partial charge in [0.25, 0.3) is 5.91 Å².